The molecule has 0 fully saturated rings. The predicted molar refractivity (Wildman–Crippen MR) is 116 cm³/mol. The van der Waals surface area contributed by atoms with Crippen LogP contribution in [-0.2, 0) is 0 Å². The summed E-state index contributed by atoms with van der Waals surface area (Å²) in [6.45, 7) is 6.52. The highest BCUT2D eigenvalue weighted by Crippen LogP contribution is 2.25. The summed E-state index contributed by atoms with van der Waals surface area (Å²) in [5.74, 6) is 1.44. The Kier molecular flexibility index (Phi) is 6.11. The summed E-state index contributed by atoms with van der Waals surface area (Å²) < 4.78 is 8.57. The van der Waals surface area contributed by atoms with Crippen molar-refractivity contribution in [3.8, 4) is 5.75 Å². The molecule has 7 heteroatoms. The zero-order valence-electron chi connectivity index (χ0n) is 15.2. The van der Waals surface area contributed by atoms with Crippen molar-refractivity contribution in [1.29, 1.82) is 0 Å². The monoisotopic (exact) mass is 491 g/mol. The number of nitrogens with zero attached hydrogens (tertiary/aromatic N) is 3. The normalized spacial score (nSPS) is 11.6. The molecular formula is C20H19Br2N3O2. The lowest BCUT2D eigenvalue weighted by Crippen LogP contribution is -2.23. The van der Waals surface area contributed by atoms with Gasteiger partial charge in [0.15, 0.2) is 0 Å². The summed E-state index contributed by atoms with van der Waals surface area (Å²) in [6, 6.07) is 11.2. The summed E-state index contributed by atoms with van der Waals surface area (Å²) in [5.41, 5.74) is 1.33. The van der Waals surface area contributed by atoms with E-state index < -0.39 is 0 Å². The highest BCUT2D eigenvalue weighted by atomic mass is 79.9. The minimum atomic E-state index is -0.189. The van der Waals surface area contributed by atoms with Crippen LogP contribution in [0.5, 0.6) is 5.75 Å². The Morgan fingerprint density at radius 1 is 1.22 bits per heavy atom. The van der Waals surface area contributed by atoms with Gasteiger partial charge in [0, 0.05) is 10.4 Å². The number of halogens is 2. The van der Waals surface area contributed by atoms with Crippen molar-refractivity contribution in [3.05, 3.63) is 67.1 Å². The Hall–Kier alpha value is -1.99. The highest BCUT2D eigenvalue weighted by Gasteiger charge is 2.13. The number of rotatable bonds is 5. The second-order valence-electron chi connectivity index (χ2n) is 6.27. The van der Waals surface area contributed by atoms with Crippen molar-refractivity contribution in [2.75, 3.05) is 6.61 Å². The lowest BCUT2D eigenvalue weighted by Gasteiger charge is -2.12. The predicted octanol–water partition coefficient (Wildman–Crippen LogP) is 5.33. The standard InChI is InChI=1S/C20H19Br2N3O2/c1-4-27-18-8-5-13(9-16(18)22)11-23-25-19(12(2)3)24-17-7-6-14(21)10-15(17)20(25)26/h5-12H,4H2,1-3H3. The Bertz CT molecular complexity index is 1070. The summed E-state index contributed by atoms with van der Waals surface area (Å²) >= 11 is 6.90. The maximum Gasteiger partial charge on any atom is 0.282 e. The summed E-state index contributed by atoms with van der Waals surface area (Å²) in [6.07, 6.45) is 1.65. The molecule has 0 saturated heterocycles. The summed E-state index contributed by atoms with van der Waals surface area (Å²) in [7, 11) is 0. The number of hydrogen-bond acceptors (Lipinski definition) is 4. The van der Waals surface area contributed by atoms with E-state index in [-0.39, 0.29) is 11.5 Å². The van der Waals surface area contributed by atoms with Gasteiger partial charge in [-0.3, -0.25) is 4.79 Å². The Balaban J connectivity index is 2.09. The SMILES string of the molecule is CCOc1ccc(C=Nn2c(C(C)C)nc3ccc(Br)cc3c2=O)cc1Br. The summed E-state index contributed by atoms with van der Waals surface area (Å²) in [4.78, 5) is 17.6. The van der Waals surface area contributed by atoms with E-state index >= 15 is 0 Å². The summed E-state index contributed by atoms with van der Waals surface area (Å²) in [5, 5.41) is 4.96. The zero-order valence-corrected chi connectivity index (χ0v) is 18.4. The Morgan fingerprint density at radius 3 is 2.67 bits per heavy atom. The van der Waals surface area contributed by atoms with Crippen molar-refractivity contribution in [3.63, 3.8) is 0 Å². The van der Waals surface area contributed by atoms with Gasteiger partial charge in [0.25, 0.3) is 5.56 Å². The van der Waals surface area contributed by atoms with Crippen LogP contribution in [0.3, 0.4) is 0 Å². The average molecular weight is 493 g/mol. The van der Waals surface area contributed by atoms with E-state index in [1.54, 1.807) is 12.3 Å². The topological polar surface area (TPSA) is 56.5 Å². The van der Waals surface area contributed by atoms with Crippen molar-refractivity contribution in [2.24, 2.45) is 5.10 Å². The molecule has 27 heavy (non-hydrogen) atoms. The van der Waals surface area contributed by atoms with Gasteiger partial charge in [-0.05, 0) is 64.8 Å². The van der Waals surface area contributed by atoms with Gasteiger partial charge in [-0.25, -0.2) is 4.98 Å². The van der Waals surface area contributed by atoms with E-state index in [0.29, 0.717) is 23.3 Å². The van der Waals surface area contributed by atoms with Gasteiger partial charge in [0.1, 0.15) is 11.6 Å². The van der Waals surface area contributed by atoms with Gasteiger partial charge in [0.2, 0.25) is 0 Å². The van der Waals surface area contributed by atoms with Crippen LogP contribution >= 0.6 is 31.9 Å². The number of ether oxygens (including phenoxy) is 1. The molecule has 5 nitrogen and oxygen atoms in total. The fourth-order valence-corrected chi connectivity index (χ4v) is 3.52. The molecule has 3 aromatic rings. The van der Waals surface area contributed by atoms with Gasteiger partial charge < -0.3 is 4.74 Å². The van der Waals surface area contributed by atoms with Gasteiger partial charge in [0.05, 0.1) is 28.2 Å². The fourth-order valence-electron chi connectivity index (χ4n) is 2.65. The van der Waals surface area contributed by atoms with E-state index in [2.05, 4.69) is 41.9 Å². The number of fused-ring (bicyclic) bond motifs is 1. The maximum atomic E-state index is 13.0. The van der Waals surface area contributed by atoms with E-state index in [1.165, 1.54) is 4.68 Å². The highest BCUT2D eigenvalue weighted by molar-refractivity contribution is 9.10. The maximum absolute atomic E-state index is 13.0. The molecule has 0 spiro atoms. The quantitative estimate of drug-likeness (QED) is 0.452. The first-order valence-electron chi connectivity index (χ1n) is 8.59. The lowest BCUT2D eigenvalue weighted by molar-refractivity contribution is 0.338. The number of hydrogen-bond donors (Lipinski definition) is 0. The van der Waals surface area contributed by atoms with E-state index in [1.807, 2.05) is 51.1 Å². The molecule has 0 N–H and O–H groups in total. The van der Waals surface area contributed by atoms with Crippen molar-refractivity contribution in [1.82, 2.24) is 9.66 Å². The smallest absolute Gasteiger partial charge is 0.282 e. The second kappa shape index (κ2) is 8.35. The van der Waals surface area contributed by atoms with Crippen molar-refractivity contribution in [2.45, 2.75) is 26.7 Å². The van der Waals surface area contributed by atoms with Gasteiger partial charge in [-0.2, -0.15) is 9.78 Å². The van der Waals surface area contributed by atoms with Gasteiger partial charge in [-0.1, -0.05) is 29.8 Å². The molecule has 0 unspecified atom stereocenters. The van der Waals surface area contributed by atoms with E-state index in [0.717, 1.165) is 20.3 Å². The van der Waals surface area contributed by atoms with Crippen LogP contribution in [-0.4, -0.2) is 22.5 Å². The second-order valence-corrected chi connectivity index (χ2v) is 8.04. The molecule has 0 aliphatic rings. The van der Waals surface area contributed by atoms with Gasteiger partial charge >= 0.3 is 0 Å². The minimum absolute atomic E-state index is 0.0509. The van der Waals surface area contributed by atoms with Crippen LogP contribution in [0.15, 0.2) is 55.2 Å². The fraction of sp³-hybridized carbons (Fsp3) is 0.250. The molecule has 0 amide bonds. The van der Waals surface area contributed by atoms with Crippen LogP contribution in [0.1, 0.15) is 38.1 Å². The van der Waals surface area contributed by atoms with Crippen LogP contribution in [0, 0.1) is 0 Å². The average Bonchev–Trinajstić information content (AvgIpc) is 2.63. The largest absolute Gasteiger partial charge is 0.493 e. The molecule has 2 aromatic carbocycles. The molecule has 0 saturated carbocycles. The third kappa shape index (κ3) is 4.30. The molecule has 1 heterocycles. The molecule has 0 aliphatic carbocycles. The molecule has 0 bridgehead atoms. The minimum Gasteiger partial charge on any atom is -0.493 e. The Labute approximate surface area is 174 Å². The number of aromatic nitrogens is 2. The van der Waals surface area contributed by atoms with Crippen LogP contribution in [0.2, 0.25) is 0 Å². The van der Waals surface area contributed by atoms with Crippen molar-refractivity contribution >= 4 is 49.0 Å². The Morgan fingerprint density at radius 2 is 2.00 bits per heavy atom. The van der Waals surface area contributed by atoms with E-state index in [4.69, 9.17) is 4.74 Å². The third-order valence-electron chi connectivity index (χ3n) is 3.93. The first-order valence-corrected chi connectivity index (χ1v) is 10.2. The molecular weight excluding hydrogens is 474 g/mol. The van der Waals surface area contributed by atoms with Crippen LogP contribution in [0.4, 0.5) is 0 Å². The lowest BCUT2D eigenvalue weighted by atomic mass is 10.2. The third-order valence-corrected chi connectivity index (χ3v) is 5.04. The first-order chi connectivity index (χ1) is 12.9. The molecule has 3 rings (SSSR count). The van der Waals surface area contributed by atoms with E-state index in [9.17, 15) is 4.79 Å². The zero-order chi connectivity index (χ0) is 19.6. The molecule has 1 aromatic heterocycles. The van der Waals surface area contributed by atoms with Crippen LogP contribution < -0.4 is 10.3 Å². The first kappa shape index (κ1) is 19.8. The van der Waals surface area contributed by atoms with Gasteiger partial charge in [-0.15, -0.1) is 0 Å². The molecule has 0 radical (unpaired) electrons. The molecule has 0 aliphatic heterocycles. The van der Waals surface area contributed by atoms with Crippen molar-refractivity contribution < 1.29 is 4.74 Å². The molecule has 0 atom stereocenters. The molecule has 140 valence electrons. The number of benzene rings is 2. The van der Waals surface area contributed by atoms with Crippen LogP contribution in [0.25, 0.3) is 10.9 Å².